The highest BCUT2D eigenvalue weighted by Crippen LogP contribution is 2.29. The van der Waals surface area contributed by atoms with Crippen LogP contribution >= 0.6 is 0 Å². The van der Waals surface area contributed by atoms with Crippen molar-refractivity contribution in [1.82, 2.24) is 0 Å². The summed E-state index contributed by atoms with van der Waals surface area (Å²) in [7, 11) is 0. The van der Waals surface area contributed by atoms with E-state index in [-0.39, 0.29) is 5.78 Å². The molecule has 0 aromatic heterocycles. The predicted molar refractivity (Wildman–Crippen MR) is 58.3 cm³/mol. The van der Waals surface area contributed by atoms with Crippen LogP contribution in [0.15, 0.2) is 18.2 Å². The number of hydrogen-bond donors (Lipinski definition) is 1. The summed E-state index contributed by atoms with van der Waals surface area (Å²) in [6, 6.07) is 5.66. The lowest BCUT2D eigenvalue weighted by Gasteiger charge is -2.18. The Morgan fingerprint density at radius 2 is 2.20 bits per heavy atom. The molecule has 2 rings (SSSR count). The summed E-state index contributed by atoms with van der Waals surface area (Å²) >= 11 is 0. The number of carbonyl (C=O) groups is 1. The van der Waals surface area contributed by atoms with Crippen molar-refractivity contribution in [1.29, 1.82) is 0 Å². The van der Waals surface area contributed by atoms with Gasteiger partial charge in [-0.3, -0.25) is 4.79 Å². The van der Waals surface area contributed by atoms with E-state index in [0.29, 0.717) is 19.6 Å². The third kappa shape index (κ3) is 2.02. The van der Waals surface area contributed by atoms with Crippen LogP contribution in [-0.4, -0.2) is 18.9 Å². The number of ketones is 1. The molecule has 0 saturated carbocycles. The fourth-order valence-electron chi connectivity index (χ4n) is 1.95. The highest BCUT2D eigenvalue weighted by Gasteiger charge is 2.19. The second-order valence-electron chi connectivity index (χ2n) is 3.70. The molecule has 0 radical (unpaired) electrons. The molecular weight excluding hydrogens is 190 g/mol. The van der Waals surface area contributed by atoms with E-state index >= 15 is 0 Å². The lowest BCUT2D eigenvalue weighted by atomic mass is 9.90. The van der Waals surface area contributed by atoms with Crippen molar-refractivity contribution in [2.45, 2.75) is 19.3 Å². The van der Waals surface area contributed by atoms with Crippen molar-refractivity contribution in [3.63, 3.8) is 0 Å². The molecule has 0 unspecified atom stereocenters. The fourth-order valence-corrected chi connectivity index (χ4v) is 1.95. The highest BCUT2D eigenvalue weighted by molar-refractivity contribution is 5.99. The van der Waals surface area contributed by atoms with E-state index in [1.807, 2.05) is 18.2 Å². The Balaban J connectivity index is 2.31. The summed E-state index contributed by atoms with van der Waals surface area (Å²) in [5.41, 5.74) is 7.27. The number of fused-ring (bicyclic) bond motifs is 1. The number of benzene rings is 1. The first kappa shape index (κ1) is 10.2. The molecule has 0 aliphatic heterocycles. The lowest BCUT2D eigenvalue weighted by Crippen LogP contribution is -2.15. The Morgan fingerprint density at radius 1 is 1.33 bits per heavy atom. The molecule has 0 bridgehead atoms. The molecule has 1 aromatic rings. The first-order valence-electron chi connectivity index (χ1n) is 5.31. The second-order valence-corrected chi connectivity index (χ2v) is 3.70. The van der Waals surface area contributed by atoms with E-state index in [0.717, 1.165) is 29.7 Å². The van der Waals surface area contributed by atoms with E-state index in [9.17, 15) is 4.79 Å². The number of Topliss-reactive ketones (excluding diaryl/α,β-unsaturated/α-hetero) is 1. The summed E-state index contributed by atoms with van der Waals surface area (Å²) in [6.45, 7) is 1.00. The van der Waals surface area contributed by atoms with Crippen molar-refractivity contribution in [2.75, 3.05) is 13.2 Å². The monoisotopic (exact) mass is 205 g/mol. The van der Waals surface area contributed by atoms with Gasteiger partial charge in [-0.2, -0.15) is 0 Å². The van der Waals surface area contributed by atoms with Crippen molar-refractivity contribution in [2.24, 2.45) is 5.73 Å². The summed E-state index contributed by atoms with van der Waals surface area (Å²) in [5.74, 6) is 1.06. The van der Waals surface area contributed by atoms with Gasteiger partial charge in [0.15, 0.2) is 5.78 Å². The van der Waals surface area contributed by atoms with Gasteiger partial charge in [0, 0.05) is 24.1 Å². The SMILES string of the molecule is NCCOc1cccc2c1CCCC2=O. The zero-order chi connectivity index (χ0) is 10.7. The molecule has 1 aromatic carbocycles. The first-order chi connectivity index (χ1) is 7.33. The maximum atomic E-state index is 11.6. The number of carbonyl (C=O) groups excluding carboxylic acids is 1. The van der Waals surface area contributed by atoms with Gasteiger partial charge in [-0.25, -0.2) is 0 Å². The Labute approximate surface area is 89.2 Å². The van der Waals surface area contributed by atoms with Gasteiger partial charge in [-0.1, -0.05) is 12.1 Å². The van der Waals surface area contributed by atoms with Gasteiger partial charge in [-0.15, -0.1) is 0 Å². The van der Waals surface area contributed by atoms with E-state index in [1.54, 1.807) is 0 Å². The number of ether oxygens (including phenoxy) is 1. The molecule has 3 heteroatoms. The van der Waals surface area contributed by atoms with Crippen LogP contribution in [0.1, 0.15) is 28.8 Å². The van der Waals surface area contributed by atoms with Crippen LogP contribution in [0.2, 0.25) is 0 Å². The van der Waals surface area contributed by atoms with Gasteiger partial charge in [0.05, 0.1) is 0 Å². The van der Waals surface area contributed by atoms with Crippen molar-refractivity contribution in [3.05, 3.63) is 29.3 Å². The van der Waals surface area contributed by atoms with Crippen molar-refractivity contribution < 1.29 is 9.53 Å². The topological polar surface area (TPSA) is 52.3 Å². The molecule has 2 N–H and O–H groups in total. The molecule has 1 aliphatic rings. The van der Waals surface area contributed by atoms with E-state index < -0.39 is 0 Å². The van der Waals surface area contributed by atoms with Crippen molar-refractivity contribution in [3.8, 4) is 5.75 Å². The van der Waals surface area contributed by atoms with E-state index in [1.165, 1.54) is 0 Å². The Morgan fingerprint density at radius 3 is 3.00 bits per heavy atom. The lowest BCUT2D eigenvalue weighted by molar-refractivity contribution is 0.0971. The minimum Gasteiger partial charge on any atom is -0.492 e. The van der Waals surface area contributed by atoms with E-state index in [4.69, 9.17) is 10.5 Å². The average Bonchev–Trinajstić information content (AvgIpc) is 2.27. The molecule has 0 heterocycles. The Bertz CT molecular complexity index is 374. The highest BCUT2D eigenvalue weighted by atomic mass is 16.5. The third-order valence-electron chi connectivity index (χ3n) is 2.64. The van der Waals surface area contributed by atoms with E-state index in [2.05, 4.69) is 0 Å². The van der Waals surface area contributed by atoms with Crippen LogP contribution in [0, 0.1) is 0 Å². The predicted octanol–water partition coefficient (Wildman–Crippen LogP) is 1.54. The molecule has 0 atom stereocenters. The van der Waals surface area contributed by atoms with Gasteiger partial charge in [-0.05, 0) is 18.9 Å². The molecular formula is C12H15NO2. The third-order valence-corrected chi connectivity index (χ3v) is 2.64. The Kier molecular flexibility index (Phi) is 3.02. The van der Waals surface area contributed by atoms with Crippen LogP contribution in [0.4, 0.5) is 0 Å². The molecule has 0 amide bonds. The largest absolute Gasteiger partial charge is 0.492 e. The van der Waals surface area contributed by atoms with Gasteiger partial charge >= 0.3 is 0 Å². The number of nitrogens with two attached hydrogens (primary N) is 1. The number of rotatable bonds is 3. The van der Waals surface area contributed by atoms with Crippen LogP contribution in [0.5, 0.6) is 5.75 Å². The second kappa shape index (κ2) is 4.45. The van der Waals surface area contributed by atoms with Gasteiger partial charge in [0.2, 0.25) is 0 Å². The molecule has 0 spiro atoms. The van der Waals surface area contributed by atoms with Gasteiger partial charge in [0.1, 0.15) is 12.4 Å². The summed E-state index contributed by atoms with van der Waals surface area (Å²) < 4.78 is 5.52. The molecule has 0 saturated heterocycles. The standard InChI is InChI=1S/C12H15NO2/c13-7-8-15-12-6-2-3-9-10(12)4-1-5-11(9)14/h2-3,6H,1,4-5,7-8,13H2. The Hall–Kier alpha value is -1.35. The van der Waals surface area contributed by atoms with Crippen LogP contribution < -0.4 is 10.5 Å². The normalized spacial score (nSPS) is 14.9. The van der Waals surface area contributed by atoms with Crippen LogP contribution in [-0.2, 0) is 6.42 Å². The molecule has 3 nitrogen and oxygen atoms in total. The summed E-state index contributed by atoms with van der Waals surface area (Å²) in [4.78, 5) is 11.6. The average molecular weight is 205 g/mol. The molecule has 80 valence electrons. The summed E-state index contributed by atoms with van der Waals surface area (Å²) in [6.07, 6.45) is 2.52. The maximum absolute atomic E-state index is 11.6. The van der Waals surface area contributed by atoms with Gasteiger partial charge < -0.3 is 10.5 Å². The quantitative estimate of drug-likeness (QED) is 0.814. The minimum absolute atomic E-state index is 0.231. The van der Waals surface area contributed by atoms with Crippen LogP contribution in [0.25, 0.3) is 0 Å². The fraction of sp³-hybridized carbons (Fsp3) is 0.417. The minimum atomic E-state index is 0.231. The first-order valence-corrected chi connectivity index (χ1v) is 5.31. The smallest absolute Gasteiger partial charge is 0.163 e. The zero-order valence-corrected chi connectivity index (χ0v) is 8.66. The molecule has 0 fully saturated rings. The zero-order valence-electron chi connectivity index (χ0n) is 8.66. The molecule has 15 heavy (non-hydrogen) atoms. The molecule has 1 aliphatic carbocycles. The maximum Gasteiger partial charge on any atom is 0.163 e. The number of hydrogen-bond acceptors (Lipinski definition) is 3. The summed E-state index contributed by atoms with van der Waals surface area (Å²) in [5, 5.41) is 0. The van der Waals surface area contributed by atoms with Crippen LogP contribution in [0.3, 0.4) is 0 Å². The van der Waals surface area contributed by atoms with Gasteiger partial charge in [0.25, 0.3) is 0 Å². The van der Waals surface area contributed by atoms with Crippen molar-refractivity contribution >= 4 is 5.78 Å².